The molecule has 0 unspecified atom stereocenters. The number of aliphatic hydroxyl groups excluding tert-OH is 1. The van der Waals surface area contributed by atoms with E-state index in [4.69, 9.17) is 10.5 Å². The summed E-state index contributed by atoms with van der Waals surface area (Å²) in [6.45, 7) is 2.67. The summed E-state index contributed by atoms with van der Waals surface area (Å²) in [5.74, 6) is 0.603. The molecule has 19 heavy (non-hydrogen) atoms. The van der Waals surface area contributed by atoms with Gasteiger partial charge >= 0.3 is 0 Å². The number of ether oxygens (including phenoxy) is 1. The maximum atomic E-state index is 12.1. The van der Waals surface area contributed by atoms with E-state index in [0.29, 0.717) is 30.2 Å². The van der Waals surface area contributed by atoms with E-state index >= 15 is 0 Å². The summed E-state index contributed by atoms with van der Waals surface area (Å²) in [6.07, 6.45) is 1.69. The molecule has 0 aromatic heterocycles. The van der Waals surface area contributed by atoms with Crippen molar-refractivity contribution < 1.29 is 14.6 Å². The average molecular weight is 264 g/mol. The molecule has 0 atom stereocenters. The molecule has 1 aliphatic rings. The maximum absolute atomic E-state index is 12.1. The van der Waals surface area contributed by atoms with Gasteiger partial charge in [-0.3, -0.25) is 4.79 Å². The Balaban J connectivity index is 2.11. The summed E-state index contributed by atoms with van der Waals surface area (Å²) in [4.78, 5) is 12.1. The third-order valence-electron chi connectivity index (χ3n) is 3.51. The first-order chi connectivity index (χ1) is 9.15. The lowest BCUT2D eigenvalue weighted by Crippen LogP contribution is -2.30. The monoisotopic (exact) mass is 264 g/mol. The molecule has 0 heterocycles. The molecule has 0 bridgehead atoms. The van der Waals surface area contributed by atoms with Crippen molar-refractivity contribution in [3.63, 3.8) is 0 Å². The lowest BCUT2D eigenvalue weighted by molar-refractivity contribution is -0.120. The van der Waals surface area contributed by atoms with E-state index in [2.05, 4.69) is 5.32 Å². The van der Waals surface area contributed by atoms with Crippen LogP contribution in [-0.4, -0.2) is 24.2 Å². The van der Waals surface area contributed by atoms with Gasteiger partial charge in [0.1, 0.15) is 5.75 Å². The number of nitrogens with one attached hydrogen (secondary N) is 1. The Bertz CT molecular complexity index is 470. The molecule has 1 amide bonds. The Morgan fingerprint density at radius 1 is 1.53 bits per heavy atom. The number of rotatable bonds is 6. The van der Waals surface area contributed by atoms with Crippen molar-refractivity contribution in [1.29, 1.82) is 0 Å². The Kier molecular flexibility index (Phi) is 4.07. The van der Waals surface area contributed by atoms with E-state index < -0.39 is 0 Å². The van der Waals surface area contributed by atoms with Crippen LogP contribution in [0.2, 0.25) is 0 Å². The Hall–Kier alpha value is -1.59. The SMILES string of the molecule is CCOc1ccc(NC(=O)C2(CN)CC2)cc1CO. The summed E-state index contributed by atoms with van der Waals surface area (Å²) in [5, 5.41) is 12.2. The van der Waals surface area contributed by atoms with Crippen LogP contribution in [0.1, 0.15) is 25.3 Å². The van der Waals surface area contributed by atoms with Gasteiger partial charge in [-0.25, -0.2) is 0 Å². The Morgan fingerprint density at radius 2 is 2.26 bits per heavy atom. The van der Waals surface area contributed by atoms with E-state index in [1.807, 2.05) is 6.92 Å². The van der Waals surface area contributed by atoms with Crippen LogP contribution in [0.15, 0.2) is 18.2 Å². The zero-order chi connectivity index (χ0) is 13.9. The fourth-order valence-electron chi connectivity index (χ4n) is 2.02. The highest BCUT2D eigenvalue weighted by Gasteiger charge is 2.48. The van der Waals surface area contributed by atoms with Gasteiger partial charge in [0, 0.05) is 17.8 Å². The van der Waals surface area contributed by atoms with Crippen molar-refractivity contribution in [2.24, 2.45) is 11.1 Å². The summed E-state index contributed by atoms with van der Waals surface area (Å²) in [6, 6.07) is 5.26. The number of carbonyl (C=O) groups excluding carboxylic acids is 1. The maximum Gasteiger partial charge on any atom is 0.231 e. The van der Waals surface area contributed by atoms with Crippen LogP contribution in [0.25, 0.3) is 0 Å². The molecule has 0 aliphatic heterocycles. The zero-order valence-electron chi connectivity index (χ0n) is 11.1. The predicted octanol–water partition coefficient (Wildman–Crippen LogP) is 1.25. The molecule has 1 saturated carbocycles. The Morgan fingerprint density at radius 3 is 2.79 bits per heavy atom. The standard InChI is InChI=1S/C14H20N2O3/c1-2-19-12-4-3-11(7-10(12)8-17)16-13(18)14(9-15)5-6-14/h3-4,7,17H,2,5-6,8-9,15H2,1H3,(H,16,18). The third-order valence-corrected chi connectivity index (χ3v) is 3.51. The molecule has 104 valence electrons. The first-order valence-electron chi connectivity index (χ1n) is 6.53. The molecule has 1 aliphatic carbocycles. The molecule has 1 aromatic carbocycles. The van der Waals surface area contributed by atoms with Crippen LogP contribution in [0.3, 0.4) is 0 Å². The quantitative estimate of drug-likeness (QED) is 0.722. The van der Waals surface area contributed by atoms with Crippen LogP contribution < -0.4 is 15.8 Å². The van der Waals surface area contributed by atoms with E-state index in [1.165, 1.54) is 0 Å². The summed E-state index contributed by atoms with van der Waals surface area (Å²) in [7, 11) is 0. The summed E-state index contributed by atoms with van der Waals surface area (Å²) >= 11 is 0. The normalized spacial score (nSPS) is 15.9. The molecule has 5 heteroatoms. The minimum Gasteiger partial charge on any atom is -0.494 e. The first kappa shape index (κ1) is 13.8. The van der Waals surface area contributed by atoms with Crippen molar-refractivity contribution in [2.45, 2.75) is 26.4 Å². The average Bonchev–Trinajstić information content (AvgIpc) is 3.21. The second-order valence-corrected chi connectivity index (χ2v) is 4.85. The van der Waals surface area contributed by atoms with Gasteiger partial charge in [-0.2, -0.15) is 0 Å². The molecular formula is C14H20N2O3. The number of carbonyl (C=O) groups is 1. The zero-order valence-corrected chi connectivity index (χ0v) is 11.1. The fraction of sp³-hybridized carbons (Fsp3) is 0.500. The van der Waals surface area contributed by atoms with Gasteiger partial charge in [-0.15, -0.1) is 0 Å². The second-order valence-electron chi connectivity index (χ2n) is 4.85. The minimum atomic E-state index is -0.377. The number of anilines is 1. The molecular weight excluding hydrogens is 244 g/mol. The number of amides is 1. The van der Waals surface area contributed by atoms with Gasteiger partial charge in [-0.1, -0.05) is 0 Å². The largest absolute Gasteiger partial charge is 0.494 e. The van der Waals surface area contributed by atoms with E-state index in [1.54, 1.807) is 18.2 Å². The van der Waals surface area contributed by atoms with Crippen LogP contribution in [0.4, 0.5) is 5.69 Å². The van der Waals surface area contributed by atoms with Crippen LogP contribution in [0.5, 0.6) is 5.75 Å². The van der Waals surface area contributed by atoms with Crippen molar-refractivity contribution in [3.05, 3.63) is 23.8 Å². The van der Waals surface area contributed by atoms with Gasteiger partial charge in [-0.05, 0) is 38.0 Å². The molecule has 1 aromatic rings. The summed E-state index contributed by atoms with van der Waals surface area (Å²) < 4.78 is 5.40. The van der Waals surface area contributed by atoms with Crippen LogP contribution >= 0.6 is 0 Å². The van der Waals surface area contributed by atoms with E-state index in [9.17, 15) is 9.90 Å². The van der Waals surface area contributed by atoms with Crippen molar-refractivity contribution >= 4 is 11.6 Å². The number of hydrogen-bond acceptors (Lipinski definition) is 4. The molecule has 4 N–H and O–H groups in total. The molecule has 0 spiro atoms. The van der Waals surface area contributed by atoms with Gasteiger partial charge in [0.25, 0.3) is 0 Å². The van der Waals surface area contributed by atoms with Crippen molar-refractivity contribution in [2.75, 3.05) is 18.5 Å². The van der Waals surface area contributed by atoms with Gasteiger partial charge in [0.2, 0.25) is 5.91 Å². The van der Waals surface area contributed by atoms with Crippen molar-refractivity contribution in [3.8, 4) is 5.75 Å². The molecule has 1 fully saturated rings. The third kappa shape index (κ3) is 2.88. The number of benzene rings is 1. The fourth-order valence-corrected chi connectivity index (χ4v) is 2.02. The Labute approximate surface area is 112 Å². The first-order valence-corrected chi connectivity index (χ1v) is 6.53. The molecule has 2 rings (SSSR count). The van der Waals surface area contributed by atoms with Gasteiger partial charge in [0.05, 0.1) is 18.6 Å². The number of nitrogens with two attached hydrogens (primary N) is 1. The van der Waals surface area contributed by atoms with E-state index in [-0.39, 0.29) is 17.9 Å². The minimum absolute atomic E-state index is 0.0388. The highest BCUT2D eigenvalue weighted by Crippen LogP contribution is 2.45. The van der Waals surface area contributed by atoms with Crippen LogP contribution in [-0.2, 0) is 11.4 Å². The topological polar surface area (TPSA) is 84.6 Å². The lowest BCUT2D eigenvalue weighted by Gasteiger charge is -2.15. The predicted molar refractivity (Wildman–Crippen MR) is 72.9 cm³/mol. The number of hydrogen-bond donors (Lipinski definition) is 3. The highest BCUT2D eigenvalue weighted by molar-refractivity contribution is 5.97. The highest BCUT2D eigenvalue weighted by atomic mass is 16.5. The second kappa shape index (κ2) is 5.59. The molecule has 5 nitrogen and oxygen atoms in total. The number of aliphatic hydroxyl groups is 1. The molecule has 0 saturated heterocycles. The molecule has 0 radical (unpaired) electrons. The summed E-state index contributed by atoms with van der Waals surface area (Å²) in [5.41, 5.74) is 6.57. The van der Waals surface area contributed by atoms with Crippen LogP contribution in [0, 0.1) is 5.41 Å². The lowest BCUT2D eigenvalue weighted by atomic mass is 10.1. The smallest absolute Gasteiger partial charge is 0.231 e. The van der Waals surface area contributed by atoms with Crippen molar-refractivity contribution in [1.82, 2.24) is 0 Å². The van der Waals surface area contributed by atoms with Gasteiger partial charge in [0.15, 0.2) is 0 Å². The van der Waals surface area contributed by atoms with E-state index in [0.717, 1.165) is 12.8 Å². The van der Waals surface area contributed by atoms with Gasteiger partial charge < -0.3 is 20.9 Å².